The largest absolute Gasteiger partial charge is 0.479 e. The normalized spacial score (nSPS) is 41.0. The van der Waals surface area contributed by atoms with Gasteiger partial charge in [-0.2, -0.15) is 0 Å². The minimum absolute atomic E-state index is 0.0597. The molecule has 4 heteroatoms. The summed E-state index contributed by atoms with van der Waals surface area (Å²) >= 11 is 0. The van der Waals surface area contributed by atoms with Crippen molar-refractivity contribution in [2.45, 2.75) is 26.7 Å². The van der Waals surface area contributed by atoms with Crippen LogP contribution in [0.5, 0.6) is 0 Å². The zero-order valence-corrected chi connectivity index (χ0v) is 9.68. The van der Waals surface area contributed by atoms with Gasteiger partial charge in [-0.3, -0.25) is 4.79 Å². The van der Waals surface area contributed by atoms with Crippen molar-refractivity contribution >= 4 is 11.9 Å². The van der Waals surface area contributed by atoms with Crippen LogP contribution in [0.3, 0.4) is 0 Å². The van der Waals surface area contributed by atoms with Crippen LogP contribution in [0, 0.1) is 29.6 Å². The maximum absolute atomic E-state index is 11.7. The van der Waals surface area contributed by atoms with Crippen LogP contribution in [0.2, 0.25) is 0 Å². The molecule has 1 N–H and O–H groups in total. The van der Waals surface area contributed by atoms with Gasteiger partial charge in [-0.05, 0) is 36.5 Å². The molecule has 2 aliphatic carbocycles. The number of carboxylic acid groups (broad SMARTS) is 1. The SMILES string of the molecule is CC1C2CC(C(=O)OCC(=O)O)C(C2)C1C. The second-order valence-electron chi connectivity index (χ2n) is 5.22. The maximum atomic E-state index is 11.7. The van der Waals surface area contributed by atoms with Gasteiger partial charge in [0.2, 0.25) is 0 Å². The Balaban J connectivity index is 1.93. The molecule has 0 radical (unpaired) electrons. The lowest BCUT2D eigenvalue weighted by Crippen LogP contribution is -2.31. The molecular weight excluding hydrogens is 208 g/mol. The maximum Gasteiger partial charge on any atom is 0.341 e. The van der Waals surface area contributed by atoms with Crippen LogP contribution in [0.4, 0.5) is 0 Å². The Morgan fingerprint density at radius 1 is 1.25 bits per heavy atom. The molecule has 5 unspecified atom stereocenters. The van der Waals surface area contributed by atoms with Crippen LogP contribution in [0.1, 0.15) is 26.7 Å². The molecule has 16 heavy (non-hydrogen) atoms. The smallest absolute Gasteiger partial charge is 0.341 e. The van der Waals surface area contributed by atoms with E-state index in [1.807, 2.05) is 0 Å². The molecule has 2 fully saturated rings. The summed E-state index contributed by atoms with van der Waals surface area (Å²) in [6.07, 6.45) is 1.99. The number of fused-ring (bicyclic) bond motifs is 2. The predicted octanol–water partition coefficient (Wildman–Crippen LogP) is 1.54. The molecule has 0 aliphatic heterocycles. The van der Waals surface area contributed by atoms with Gasteiger partial charge in [0.1, 0.15) is 0 Å². The van der Waals surface area contributed by atoms with Gasteiger partial charge in [0.25, 0.3) is 0 Å². The number of hydrogen-bond donors (Lipinski definition) is 1. The minimum atomic E-state index is -1.09. The average molecular weight is 226 g/mol. The molecule has 2 bridgehead atoms. The van der Waals surface area contributed by atoms with Gasteiger partial charge in [0.15, 0.2) is 6.61 Å². The number of carbonyl (C=O) groups excluding carboxylic acids is 1. The van der Waals surface area contributed by atoms with Crippen molar-refractivity contribution in [3.05, 3.63) is 0 Å². The van der Waals surface area contributed by atoms with Gasteiger partial charge in [0.05, 0.1) is 5.92 Å². The zero-order chi connectivity index (χ0) is 11.9. The number of carbonyl (C=O) groups is 2. The Labute approximate surface area is 95.0 Å². The predicted molar refractivity (Wildman–Crippen MR) is 56.6 cm³/mol. The Bertz CT molecular complexity index is 310. The molecule has 0 aromatic rings. The molecular formula is C12H18O4. The molecule has 0 heterocycles. The van der Waals surface area contributed by atoms with E-state index in [4.69, 9.17) is 9.84 Å². The van der Waals surface area contributed by atoms with E-state index in [-0.39, 0.29) is 11.9 Å². The number of rotatable bonds is 3. The molecule has 2 rings (SSSR count). The van der Waals surface area contributed by atoms with Crippen LogP contribution < -0.4 is 0 Å². The van der Waals surface area contributed by atoms with E-state index < -0.39 is 12.6 Å². The van der Waals surface area contributed by atoms with Crippen LogP contribution >= 0.6 is 0 Å². The second-order valence-corrected chi connectivity index (χ2v) is 5.22. The van der Waals surface area contributed by atoms with Gasteiger partial charge in [0, 0.05) is 0 Å². The Morgan fingerprint density at radius 2 is 1.94 bits per heavy atom. The van der Waals surface area contributed by atoms with Gasteiger partial charge >= 0.3 is 11.9 Å². The number of hydrogen-bond acceptors (Lipinski definition) is 3. The minimum Gasteiger partial charge on any atom is -0.479 e. The summed E-state index contributed by atoms with van der Waals surface area (Å²) in [6, 6.07) is 0. The third-order valence-corrected chi connectivity index (χ3v) is 4.54. The highest BCUT2D eigenvalue weighted by Gasteiger charge is 2.51. The summed E-state index contributed by atoms with van der Waals surface area (Å²) in [5, 5.41) is 8.45. The number of carboxylic acids is 1. The summed E-state index contributed by atoms with van der Waals surface area (Å²) in [4.78, 5) is 22.0. The molecule has 2 aliphatic rings. The Kier molecular flexibility index (Phi) is 2.91. The first-order valence-electron chi connectivity index (χ1n) is 5.89. The van der Waals surface area contributed by atoms with Crippen molar-refractivity contribution in [1.82, 2.24) is 0 Å². The van der Waals surface area contributed by atoms with Crippen LogP contribution in [-0.2, 0) is 14.3 Å². The summed E-state index contributed by atoms with van der Waals surface area (Å²) in [5.41, 5.74) is 0. The summed E-state index contributed by atoms with van der Waals surface area (Å²) in [5.74, 6) is 0.820. The first-order valence-corrected chi connectivity index (χ1v) is 5.89. The van der Waals surface area contributed by atoms with Crippen molar-refractivity contribution in [2.24, 2.45) is 29.6 Å². The number of aliphatic carboxylic acids is 1. The first-order chi connectivity index (χ1) is 7.50. The van der Waals surface area contributed by atoms with Crippen molar-refractivity contribution < 1.29 is 19.4 Å². The fraction of sp³-hybridized carbons (Fsp3) is 0.833. The molecule has 90 valence electrons. The van der Waals surface area contributed by atoms with Gasteiger partial charge in [-0.25, -0.2) is 4.79 Å². The fourth-order valence-corrected chi connectivity index (χ4v) is 3.45. The van der Waals surface area contributed by atoms with Gasteiger partial charge < -0.3 is 9.84 Å². The highest BCUT2D eigenvalue weighted by molar-refractivity contribution is 5.77. The van der Waals surface area contributed by atoms with Gasteiger partial charge in [-0.1, -0.05) is 13.8 Å². The lowest BCUT2D eigenvalue weighted by molar-refractivity contribution is -0.160. The van der Waals surface area contributed by atoms with E-state index in [1.54, 1.807) is 0 Å². The number of esters is 1. The van der Waals surface area contributed by atoms with Gasteiger partial charge in [-0.15, -0.1) is 0 Å². The third kappa shape index (κ3) is 1.81. The van der Waals surface area contributed by atoms with Crippen molar-refractivity contribution in [2.75, 3.05) is 6.61 Å². The zero-order valence-electron chi connectivity index (χ0n) is 9.68. The van der Waals surface area contributed by atoms with Crippen LogP contribution in [0.15, 0.2) is 0 Å². The highest BCUT2D eigenvalue weighted by atomic mass is 16.5. The highest BCUT2D eigenvalue weighted by Crippen LogP contribution is 2.55. The third-order valence-electron chi connectivity index (χ3n) is 4.54. The average Bonchev–Trinajstić information content (AvgIpc) is 2.77. The van der Waals surface area contributed by atoms with Crippen LogP contribution in [-0.4, -0.2) is 23.7 Å². The molecule has 0 aromatic carbocycles. The van der Waals surface area contributed by atoms with Crippen molar-refractivity contribution in [3.8, 4) is 0 Å². The van der Waals surface area contributed by atoms with E-state index in [0.29, 0.717) is 23.7 Å². The monoisotopic (exact) mass is 226 g/mol. The fourth-order valence-electron chi connectivity index (χ4n) is 3.45. The summed E-state index contributed by atoms with van der Waals surface area (Å²) in [6.45, 7) is 3.93. The van der Waals surface area contributed by atoms with Crippen LogP contribution in [0.25, 0.3) is 0 Å². The standard InChI is InChI=1S/C12H18O4/c1-6-7(2)9-3-8(6)4-10(9)12(15)16-5-11(13)14/h6-10H,3-5H2,1-2H3,(H,13,14). The topological polar surface area (TPSA) is 63.6 Å². The summed E-state index contributed by atoms with van der Waals surface area (Å²) < 4.78 is 4.79. The quantitative estimate of drug-likeness (QED) is 0.741. The van der Waals surface area contributed by atoms with Crippen molar-refractivity contribution in [3.63, 3.8) is 0 Å². The lowest BCUT2D eigenvalue weighted by atomic mass is 9.76. The van der Waals surface area contributed by atoms with Crippen molar-refractivity contribution in [1.29, 1.82) is 0 Å². The van der Waals surface area contributed by atoms with E-state index in [1.165, 1.54) is 0 Å². The first kappa shape index (κ1) is 11.4. The molecule has 4 nitrogen and oxygen atoms in total. The van der Waals surface area contributed by atoms with E-state index >= 15 is 0 Å². The molecule has 0 aromatic heterocycles. The molecule has 2 saturated carbocycles. The molecule has 0 saturated heterocycles. The molecule has 0 amide bonds. The lowest BCUT2D eigenvalue weighted by Gasteiger charge is -2.30. The Morgan fingerprint density at radius 3 is 2.44 bits per heavy atom. The second kappa shape index (κ2) is 4.07. The molecule has 0 spiro atoms. The van der Waals surface area contributed by atoms with E-state index in [9.17, 15) is 9.59 Å². The molecule has 5 atom stereocenters. The summed E-state index contributed by atoms with van der Waals surface area (Å²) in [7, 11) is 0. The van der Waals surface area contributed by atoms with E-state index in [2.05, 4.69) is 13.8 Å². The number of ether oxygens (including phenoxy) is 1. The van der Waals surface area contributed by atoms with E-state index in [0.717, 1.165) is 12.8 Å². The Hall–Kier alpha value is -1.06.